The number of amides is 4. The van der Waals surface area contributed by atoms with Gasteiger partial charge in [0.2, 0.25) is 5.91 Å². The minimum absolute atomic E-state index is 0.183. The van der Waals surface area contributed by atoms with Gasteiger partial charge in [0.25, 0.3) is 5.91 Å². The molecule has 1 spiro atoms. The maximum Gasteiger partial charge on any atom is 0.325 e. The van der Waals surface area contributed by atoms with Crippen LogP contribution in [-0.4, -0.2) is 40.4 Å². The number of hydrogen-bond donors (Lipinski definition) is 2. The fourth-order valence-corrected chi connectivity index (χ4v) is 4.77. The monoisotopic (exact) mass is 349 g/mol. The molecule has 2 saturated carbocycles. The summed E-state index contributed by atoms with van der Waals surface area (Å²) in [5.74, 6) is 0.110. The Labute approximate surface area is 150 Å². The molecule has 1 saturated heterocycles. The molecular weight excluding hydrogens is 318 g/mol. The molecule has 6 nitrogen and oxygen atoms in total. The van der Waals surface area contributed by atoms with Crippen LogP contribution >= 0.6 is 0 Å². The number of carbonyl (C=O) groups excluding carboxylic acids is 3. The highest BCUT2D eigenvalue weighted by atomic mass is 16.2. The van der Waals surface area contributed by atoms with E-state index in [0.717, 1.165) is 49.8 Å². The number of nitrogens with zero attached hydrogens (tertiary/aromatic N) is 1. The van der Waals surface area contributed by atoms with Crippen LogP contribution in [0.4, 0.5) is 4.79 Å². The number of urea groups is 1. The van der Waals surface area contributed by atoms with E-state index in [1.54, 1.807) is 6.92 Å². The Hall–Kier alpha value is -1.59. The summed E-state index contributed by atoms with van der Waals surface area (Å²) in [5, 5.41) is 5.97. The van der Waals surface area contributed by atoms with Crippen molar-refractivity contribution in [2.45, 2.75) is 95.7 Å². The maximum absolute atomic E-state index is 12.8. The molecule has 0 aromatic carbocycles. The van der Waals surface area contributed by atoms with Crippen molar-refractivity contribution in [2.24, 2.45) is 5.92 Å². The fourth-order valence-electron chi connectivity index (χ4n) is 4.77. The first-order valence-corrected chi connectivity index (χ1v) is 9.94. The van der Waals surface area contributed by atoms with Crippen LogP contribution in [0.3, 0.4) is 0 Å². The van der Waals surface area contributed by atoms with Gasteiger partial charge in [0.05, 0.1) is 0 Å². The van der Waals surface area contributed by atoms with Crippen LogP contribution in [0.2, 0.25) is 0 Å². The van der Waals surface area contributed by atoms with E-state index in [0.29, 0.717) is 18.8 Å². The number of hydrogen-bond acceptors (Lipinski definition) is 3. The predicted molar refractivity (Wildman–Crippen MR) is 94.8 cm³/mol. The van der Waals surface area contributed by atoms with Gasteiger partial charge in [-0.25, -0.2) is 9.69 Å². The Morgan fingerprint density at radius 2 is 2.00 bits per heavy atom. The molecule has 0 radical (unpaired) electrons. The Kier molecular flexibility index (Phi) is 5.35. The van der Waals surface area contributed by atoms with Gasteiger partial charge >= 0.3 is 6.03 Å². The van der Waals surface area contributed by atoms with Gasteiger partial charge in [-0.05, 0) is 44.9 Å². The highest BCUT2D eigenvalue weighted by Gasteiger charge is 2.54. The van der Waals surface area contributed by atoms with Gasteiger partial charge in [0, 0.05) is 6.04 Å². The molecule has 3 unspecified atom stereocenters. The minimum atomic E-state index is -0.750. The van der Waals surface area contributed by atoms with Gasteiger partial charge < -0.3 is 10.6 Å². The third-order valence-electron chi connectivity index (χ3n) is 6.33. The number of rotatable bonds is 6. The second kappa shape index (κ2) is 7.34. The first kappa shape index (κ1) is 18.2. The van der Waals surface area contributed by atoms with E-state index < -0.39 is 17.6 Å². The summed E-state index contributed by atoms with van der Waals surface area (Å²) >= 11 is 0. The summed E-state index contributed by atoms with van der Waals surface area (Å²) in [6, 6.07) is -0.980. The van der Waals surface area contributed by atoms with E-state index in [2.05, 4.69) is 17.6 Å². The van der Waals surface area contributed by atoms with E-state index in [-0.39, 0.29) is 17.9 Å². The van der Waals surface area contributed by atoms with Crippen molar-refractivity contribution in [1.82, 2.24) is 15.5 Å². The van der Waals surface area contributed by atoms with Crippen LogP contribution in [-0.2, 0) is 9.59 Å². The number of nitrogens with one attached hydrogen (secondary N) is 2. The van der Waals surface area contributed by atoms with Gasteiger partial charge in [-0.1, -0.05) is 39.0 Å². The molecule has 3 rings (SSSR count). The van der Waals surface area contributed by atoms with Crippen molar-refractivity contribution in [3.63, 3.8) is 0 Å². The Morgan fingerprint density at radius 1 is 1.28 bits per heavy atom. The highest BCUT2D eigenvalue weighted by molar-refractivity contribution is 6.10. The average Bonchev–Trinajstić information content (AvgIpc) is 3.27. The standard InChI is InChI=1S/C19H31N3O3/c1-3-4-8-14-9-7-10-15(14)20-16(23)13(2)22-17(24)19(21-18(22)25)11-5-6-12-19/h13-15H,3-12H2,1-2H3,(H,20,23)(H,21,25). The zero-order valence-electron chi connectivity index (χ0n) is 15.5. The zero-order valence-corrected chi connectivity index (χ0v) is 15.5. The lowest BCUT2D eigenvalue weighted by molar-refractivity contribution is -0.138. The molecule has 2 N–H and O–H groups in total. The molecule has 3 atom stereocenters. The summed E-state index contributed by atoms with van der Waals surface area (Å²) in [5.41, 5.74) is -0.747. The molecule has 4 amide bonds. The minimum Gasteiger partial charge on any atom is -0.351 e. The number of carbonyl (C=O) groups is 3. The van der Waals surface area contributed by atoms with E-state index >= 15 is 0 Å². The molecule has 140 valence electrons. The van der Waals surface area contributed by atoms with Crippen molar-refractivity contribution >= 4 is 17.8 Å². The molecule has 6 heteroatoms. The van der Waals surface area contributed by atoms with E-state index in [1.807, 2.05) is 0 Å². The molecule has 2 aliphatic carbocycles. The Balaban J connectivity index is 1.62. The molecule has 1 aliphatic heterocycles. The topological polar surface area (TPSA) is 78.5 Å². The second-order valence-corrected chi connectivity index (χ2v) is 8.02. The average molecular weight is 349 g/mol. The summed E-state index contributed by atoms with van der Waals surface area (Å²) < 4.78 is 0. The van der Waals surface area contributed by atoms with E-state index in [9.17, 15) is 14.4 Å². The van der Waals surface area contributed by atoms with Crippen LogP contribution in [0.1, 0.15) is 78.1 Å². The van der Waals surface area contributed by atoms with Crippen molar-refractivity contribution in [1.29, 1.82) is 0 Å². The summed E-state index contributed by atoms with van der Waals surface area (Å²) in [7, 11) is 0. The molecule has 0 aromatic heterocycles. The maximum atomic E-state index is 12.8. The van der Waals surface area contributed by atoms with Gasteiger partial charge in [-0.2, -0.15) is 0 Å². The second-order valence-electron chi connectivity index (χ2n) is 8.02. The van der Waals surface area contributed by atoms with Crippen LogP contribution in [0.25, 0.3) is 0 Å². The number of imide groups is 1. The van der Waals surface area contributed by atoms with Gasteiger partial charge in [0.1, 0.15) is 11.6 Å². The smallest absolute Gasteiger partial charge is 0.325 e. The van der Waals surface area contributed by atoms with Crippen molar-refractivity contribution in [3.8, 4) is 0 Å². The van der Waals surface area contributed by atoms with Gasteiger partial charge in [-0.3, -0.25) is 9.59 Å². The zero-order chi connectivity index (χ0) is 18.0. The first-order chi connectivity index (χ1) is 12.0. The first-order valence-electron chi connectivity index (χ1n) is 9.94. The van der Waals surface area contributed by atoms with E-state index in [4.69, 9.17) is 0 Å². The Bertz CT molecular complexity index is 542. The van der Waals surface area contributed by atoms with Crippen LogP contribution in [0, 0.1) is 5.92 Å². The normalized spacial score (nSPS) is 29.3. The van der Waals surface area contributed by atoms with Crippen molar-refractivity contribution in [3.05, 3.63) is 0 Å². The highest BCUT2D eigenvalue weighted by Crippen LogP contribution is 2.36. The van der Waals surface area contributed by atoms with Crippen molar-refractivity contribution < 1.29 is 14.4 Å². The lowest BCUT2D eigenvalue weighted by atomic mass is 9.96. The molecule has 25 heavy (non-hydrogen) atoms. The fraction of sp³-hybridized carbons (Fsp3) is 0.842. The van der Waals surface area contributed by atoms with Crippen LogP contribution < -0.4 is 10.6 Å². The summed E-state index contributed by atoms with van der Waals surface area (Å²) in [6.45, 7) is 3.85. The predicted octanol–water partition coefficient (Wildman–Crippen LogP) is 2.71. The van der Waals surface area contributed by atoms with Gasteiger partial charge in [0.15, 0.2) is 0 Å². The SMILES string of the molecule is CCCCC1CCCC1NC(=O)C(C)N1C(=O)NC2(CCCC2)C1=O. The third kappa shape index (κ3) is 3.40. The van der Waals surface area contributed by atoms with Crippen molar-refractivity contribution in [2.75, 3.05) is 0 Å². The van der Waals surface area contributed by atoms with E-state index in [1.165, 1.54) is 6.42 Å². The molecule has 0 bridgehead atoms. The molecular formula is C19H31N3O3. The molecule has 3 aliphatic rings. The van der Waals surface area contributed by atoms with Gasteiger partial charge in [-0.15, -0.1) is 0 Å². The largest absolute Gasteiger partial charge is 0.351 e. The molecule has 1 heterocycles. The molecule has 0 aromatic rings. The lowest BCUT2D eigenvalue weighted by Gasteiger charge is -2.27. The van der Waals surface area contributed by atoms with Crippen LogP contribution in [0.15, 0.2) is 0 Å². The summed E-state index contributed by atoms with van der Waals surface area (Å²) in [4.78, 5) is 39.0. The third-order valence-corrected chi connectivity index (χ3v) is 6.33. The lowest BCUT2D eigenvalue weighted by Crippen LogP contribution is -2.52. The Morgan fingerprint density at radius 3 is 2.68 bits per heavy atom. The molecule has 3 fully saturated rings. The number of unbranched alkanes of at least 4 members (excludes halogenated alkanes) is 1. The summed E-state index contributed by atoms with van der Waals surface area (Å²) in [6.07, 6.45) is 10.0. The quantitative estimate of drug-likeness (QED) is 0.724. The van der Waals surface area contributed by atoms with Crippen LogP contribution in [0.5, 0.6) is 0 Å².